The number of aryl methyl sites for hydroxylation is 1. The average molecular weight is 404 g/mol. The van der Waals surface area contributed by atoms with Gasteiger partial charge in [0.15, 0.2) is 0 Å². The molecule has 0 aliphatic heterocycles. The molecule has 0 spiro atoms. The first-order valence-electron chi connectivity index (χ1n) is 10.8. The van der Waals surface area contributed by atoms with Gasteiger partial charge in [0.2, 0.25) is 0 Å². The van der Waals surface area contributed by atoms with E-state index in [9.17, 15) is 9.59 Å². The number of nitrogens with zero attached hydrogens (tertiary/aromatic N) is 1. The van der Waals surface area contributed by atoms with Gasteiger partial charge >= 0.3 is 0 Å². The second kappa shape index (κ2) is 8.34. The summed E-state index contributed by atoms with van der Waals surface area (Å²) in [6.07, 6.45) is 3.26. The number of H-pyrrole nitrogens is 1. The Bertz CT molecular complexity index is 1090. The number of hydrogen-bond donors (Lipinski definition) is 2. The highest BCUT2D eigenvalue weighted by Gasteiger charge is 2.22. The number of rotatable bonds is 5. The molecule has 5 heteroatoms. The molecule has 2 N–H and O–H groups in total. The van der Waals surface area contributed by atoms with E-state index in [0.717, 1.165) is 23.7 Å². The molecule has 3 aromatic rings. The fourth-order valence-electron chi connectivity index (χ4n) is 4.43. The maximum Gasteiger partial charge on any atom is 0.257 e. The van der Waals surface area contributed by atoms with E-state index in [1.807, 2.05) is 38.1 Å². The van der Waals surface area contributed by atoms with E-state index in [-0.39, 0.29) is 11.8 Å². The predicted octanol–water partition coefficient (Wildman–Crippen LogP) is 5.03. The lowest BCUT2D eigenvalue weighted by atomic mass is 9.87. The summed E-state index contributed by atoms with van der Waals surface area (Å²) in [5.41, 5.74) is 5.36. The van der Waals surface area contributed by atoms with Crippen LogP contribution in [0, 0.1) is 5.92 Å². The maximum absolute atomic E-state index is 13.1. The van der Waals surface area contributed by atoms with E-state index in [1.54, 1.807) is 17.0 Å². The quantitative estimate of drug-likeness (QED) is 0.628. The molecule has 1 heterocycles. The standard InChI is InChI=1S/C25H29N3O2/c1-4-28(5-2)25(30)17-8-6-9-18(15-17)26-24(29)20-11-7-10-19-21-14-16(3)12-13-22(21)27-23(19)20/h6-11,15-16,27H,4-5,12-14H2,1-3H3,(H,26,29). The molecule has 0 saturated heterocycles. The van der Waals surface area contributed by atoms with Crippen LogP contribution >= 0.6 is 0 Å². The minimum Gasteiger partial charge on any atom is -0.358 e. The largest absolute Gasteiger partial charge is 0.358 e. The van der Waals surface area contributed by atoms with Crippen LogP contribution in [0.25, 0.3) is 10.9 Å². The number of carbonyl (C=O) groups excluding carboxylic acids is 2. The summed E-state index contributed by atoms with van der Waals surface area (Å²) in [7, 11) is 0. The number of fused-ring (bicyclic) bond motifs is 3. The molecule has 5 nitrogen and oxygen atoms in total. The number of aromatic amines is 1. The Balaban J connectivity index is 1.61. The van der Waals surface area contributed by atoms with Crippen molar-refractivity contribution in [3.05, 3.63) is 64.8 Å². The summed E-state index contributed by atoms with van der Waals surface area (Å²) in [5, 5.41) is 4.13. The molecule has 1 aliphatic carbocycles. The summed E-state index contributed by atoms with van der Waals surface area (Å²) in [6.45, 7) is 7.52. The van der Waals surface area contributed by atoms with E-state index < -0.39 is 0 Å². The minimum atomic E-state index is -0.167. The van der Waals surface area contributed by atoms with Gasteiger partial charge in [-0.15, -0.1) is 0 Å². The highest BCUT2D eigenvalue weighted by Crippen LogP contribution is 2.33. The van der Waals surface area contributed by atoms with E-state index >= 15 is 0 Å². The lowest BCUT2D eigenvalue weighted by Crippen LogP contribution is -2.30. The molecule has 1 aliphatic rings. The van der Waals surface area contributed by atoms with Crippen molar-refractivity contribution in [2.45, 2.75) is 40.0 Å². The lowest BCUT2D eigenvalue weighted by molar-refractivity contribution is 0.0772. The van der Waals surface area contributed by atoms with Gasteiger partial charge < -0.3 is 15.2 Å². The summed E-state index contributed by atoms with van der Waals surface area (Å²) < 4.78 is 0. The van der Waals surface area contributed by atoms with E-state index in [4.69, 9.17) is 0 Å². The van der Waals surface area contributed by atoms with Gasteiger partial charge in [0, 0.05) is 35.4 Å². The molecule has 0 radical (unpaired) electrons. The van der Waals surface area contributed by atoms with Gasteiger partial charge in [0.05, 0.1) is 11.1 Å². The molecular weight excluding hydrogens is 374 g/mol. The molecule has 0 bridgehead atoms. The van der Waals surface area contributed by atoms with Crippen LogP contribution < -0.4 is 5.32 Å². The molecule has 1 atom stereocenters. The summed E-state index contributed by atoms with van der Waals surface area (Å²) in [5.74, 6) is 0.476. The van der Waals surface area contributed by atoms with Crippen molar-refractivity contribution >= 4 is 28.4 Å². The van der Waals surface area contributed by atoms with Crippen LogP contribution in [0.3, 0.4) is 0 Å². The highest BCUT2D eigenvalue weighted by atomic mass is 16.2. The normalized spacial score (nSPS) is 15.6. The Labute approximate surface area is 177 Å². The van der Waals surface area contributed by atoms with Crippen molar-refractivity contribution in [3.8, 4) is 0 Å². The number of carbonyl (C=O) groups is 2. The fourth-order valence-corrected chi connectivity index (χ4v) is 4.43. The molecule has 0 fully saturated rings. The number of benzene rings is 2. The average Bonchev–Trinajstić information content (AvgIpc) is 3.12. The van der Waals surface area contributed by atoms with Gasteiger partial charge in [-0.1, -0.05) is 25.1 Å². The highest BCUT2D eigenvalue weighted by molar-refractivity contribution is 6.13. The van der Waals surface area contributed by atoms with Crippen LogP contribution in [0.15, 0.2) is 42.5 Å². The van der Waals surface area contributed by atoms with Crippen LogP contribution in [0.5, 0.6) is 0 Å². The van der Waals surface area contributed by atoms with Crippen molar-refractivity contribution in [3.63, 3.8) is 0 Å². The first-order chi connectivity index (χ1) is 14.5. The van der Waals surface area contributed by atoms with Crippen LogP contribution in [0.1, 0.15) is 59.2 Å². The first kappa shape index (κ1) is 20.2. The monoisotopic (exact) mass is 403 g/mol. The smallest absolute Gasteiger partial charge is 0.257 e. The minimum absolute atomic E-state index is 0.0237. The Morgan fingerprint density at radius 2 is 1.90 bits per heavy atom. The fraction of sp³-hybridized carbons (Fsp3) is 0.360. The molecular formula is C25H29N3O2. The second-order valence-electron chi connectivity index (χ2n) is 8.17. The van der Waals surface area contributed by atoms with Crippen molar-refractivity contribution in [1.29, 1.82) is 0 Å². The SMILES string of the molecule is CCN(CC)C(=O)c1cccc(NC(=O)c2cccc3c4c([nH]c23)CCC(C)C4)c1. The molecule has 1 unspecified atom stereocenters. The van der Waals surface area contributed by atoms with Crippen LogP contribution in [-0.4, -0.2) is 34.8 Å². The molecule has 2 amide bonds. The molecule has 30 heavy (non-hydrogen) atoms. The van der Waals surface area contributed by atoms with E-state index in [1.165, 1.54) is 17.7 Å². The number of aromatic nitrogens is 1. The third kappa shape index (κ3) is 3.72. The third-order valence-corrected chi connectivity index (χ3v) is 6.13. The zero-order chi connectivity index (χ0) is 21.3. The Morgan fingerprint density at radius 3 is 2.67 bits per heavy atom. The summed E-state index contributed by atoms with van der Waals surface area (Å²) in [4.78, 5) is 31.0. The maximum atomic E-state index is 13.1. The molecule has 1 aromatic heterocycles. The first-order valence-corrected chi connectivity index (χ1v) is 10.8. The van der Waals surface area contributed by atoms with Crippen molar-refractivity contribution < 1.29 is 9.59 Å². The van der Waals surface area contributed by atoms with Crippen molar-refractivity contribution in [1.82, 2.24) is 9.88 Å². The van der Waals surface area contributed by atoms with Gasteiger partial charge in [-0.2, -0.15) is 0 Å². The van der Waals surface area contributed by atoms with Gasteiger partial charge in [-0.25, -0.2) is 0 Å². The van der Waals surface area contributed by atoms with Crippen LogP contribution in [0.4, 0.5) is 5.69 Å². The van der Waals surface area contributed by atoms with Gasteiger partial charge in [0.1, 0.15) is 0 Å². The molecule has 2 aromatic carbocycles. The Hall–Kier alpha value is -3.08. The second-order valence-corrected chi connectivity index (χ2v) is 8.17. The predicted molar refractivity (Wildman–Crippen MR) is 121 cm³/mol. The third-order valence-electron chi connectivity index (χ3n) is 6.13. The summed E-state index contributed by atoms with van der Waals surface area (Å²) in [6, 6.07) is 13.1. The Kier molecular flexibility index (Phi) is 5.62. The van der Waals surface area contributed by atoms with Crippen molar-refractivity contribution in [2.24, 2.45) is 5.92 Å². The number of nitrogens with one attached hydrogen (secondary N) is 2. The molecule has 0 saturated carbocycles. The van der Waals surface area contributed by atoms with E-state index in [2.05, 4.69) is 23.3 Å². The van der Waals surface area contributed by atoms with Crippen LogP contribution in [-0.2, 0) is 12.8 Å². The van der Waals surface area contributed by atoms with Crippen LogP contribution in [0.2, 0.25) is 0 Å². The Morgan fingerprint density at radius 1 is 1.13 bits per heavy atom. The lowest BCUT2D eigenvalue weighted by Gasteiger charge is -2.19. The number of anilines is 1. The van der Waals surface area contributed by atoms with Gasteiger partial charge in [-0.3, -0.25) is 9.59 Å². The topological polar surface area (TPSA) is 65.2 Å². The van der Waals surface area contributed by atoms with Gasteiger partial charge in [0.25, 0.3) is 11.8 Å². The molecule has 4 rings (SSSR count). The number of amides is 2. The van der Waals surface area contributed by atoms with Gasteiger partial charge in [-0.05, 0) is 68.9 Å². The zero-order valence-corrected chi connectivity index (χ0v) is 17.9. The number of para-hydroxylation sites is 1. The number of hydrogen-bond acceptors (Lipinski definition) is 2. The summed E-state index contributed by atoms with van der Waals surface area (Å²) >= 11 is 0. The van der Waals surface area contributed by atoms with Crippen molar-refractivity contribution in [2.75, 3.05) is 18.4 Å². The zero-order valence-electron chi connectivity index (χ0n) is 17.9. The molecule has 156 valence electrons. The van der Waals surface area contributed by atoms with E-state index in [0.29, 0.717) is 35.8 Å².